The van der Waals surface area contributed by atoms with Crippen LogP contribution in [0.25, 0.3) is 0 Å². The van der Waals surface area contributed by atoms with Gasteiger partial charge in [0.05, 0.1) is 53.5 Å². The van der Waals surface area contributed by atoms with Crippen LogP contribution in [0.15, 0.2) is 0 Å². The molecule has 0 aromatic carbocycles. The van der Waals surface area contributed by atoms with E-state index in [0.29, 0.717) is 17.8 Å². The quantitative estimate of drug-likeness (QED) is 0.0965. The summed E-state index contributed by atoms with van der Waals surface area (Å²) in [6.45, 7) is 15.4. The fraction of sp³-hybridized carbons (Fsp3) is 0.694. The molecule has 0 fully saturated rings. The van der Waals surface area contributed by atoms with Crippen molar-refractivity contribution in [1.29, 1.82) is 0 Å². The van der Waals surface area contributed by atoms with Gasteiger partial charge in [0.1, 0.15) is 0 Å². The maximum atomic E-state index is 5.71. The molecule has 0 saturated carbocycles. The molecule has 5 atom stereocenters. The van der Waals surface area contributed by atoms with E-state index in [-0.39, 0.29) is 0 Å². The number of likely N-dealkylation sites (N-methyl/N-ethyl adjacent to an activating group) is 3. The van der Waals surface area contributed by atoms with E-state index < -0.39 is 0 Å². The molecule has 10 rings (SSSR count). The van der Waals surface area contributed by atoms with Crippen LogP contribution >= 0.6 is 56.7 Å². The minimum atomic E-state index is 0.540. The minimum absolute atomic E-state index is 0.540. The normalized spacial score (nSPS) is 21.7. The molecule has 0 amide bonds. The fourth-order valence-electron chi connectivity index (χ4n) is 10.0. The molecule has 0 radical (unpaired) electrons. The average Bonchev–Trinajstić information content (AvgIpc) is 4.14. The Kier molecular flexibility index (Phi) is 20.8. The zero-order valence-electron chi connectivity index (χ0n) is 40.2. The lowest BCUT2D eigenvalue weighted by Gasteiger charge is -2.20. The highest BCUT2D eigenvalue weighted by molar-refractivity contribution is 7.12. The predicted molar refractivity (Wildman–Crippen MR) is 277 cm³/mol. The van der Waals surface area contributed by atoms with Crippen LogP contribution in [-0.2, 0) is 38.5 Å². The SMILES string of the molecule is CCc1nc2c(s1)C(CNC)CCC2.CNCC1CCCc2nc(C)sc21.CNCC1CCCc2sc(C)nc21.Cc1nc2c(s1)C(CN)CCC2.Cc1nc2c(s1)CCCC2CN. The highest BCUT2D eigenvalue weighted by atomic mass is 32.1. The first-order chi connectivity index (χ1) is 31.1. The number of aryl methyl sites for hydroxylation is 10. The van der Waals surface area contributed by atoms with Gasteiger partial charge in [-0.2, -0.15) is 0 Å². The summed E-state index contributed by atoms with van der Waals surface area (Å²) in [6.07, 6.45) is 20.1. The van der Waals surface area contributed by atoms with Gasteiger partial charge >= 0.3 is 0 Å². The summed E-state index contributed by atoms with van der Waals surface area (Å²) in [5.41, 5.74) is 18.1. The van der Waals surface area contributed by atoms with Crippen LogP contribution in [0.3, 0.4) is 0 Å². The molecule has 5 aromatic rings. The topological polar surface area (TPSA) is 153 Å². The lowest BCUT2D eigenvalue weighted by Crippen LogP contribution is -2.20. The van der Waals surface area contributed by atoms with E-state index in [0.717, 1.165) is 57.4 Å². The lowest BCUT2D eigenvalue weighted by molar-refractivity contribution is 0.522. The number of rotatable bonds is 9. The number of nitrogens with two attached hydrogens (primary N) is 2. The van der Waals surface area contributed by atoms with Crippen molar-refractivity contribution in [2.75, 3.05) is 53.9 Å². The molecule has 15 heteroatoms. The van der Waals surface area contributed by atoms with Gasteiger partial charge in [0.2, 0.25) is 0 Å². The van der Waals surface area contributed by atoms with Crippen LogP contribution in [-0.4, -0.2) is 78.8 Å². The fourth-order valence-corrected chi connectivity index (χ4v) is 15.6. The molecular weight excluding hydrogens is 889 g/mol. The molecule has 5 heterocycles. The molecule has 0 spiro atoms. The van der Waals surface area contributed by atoms with Gasteiger partial charge in [0.25, 0.3) is 0 Å². The summed E-state index contributed by atoms with van der Waals surface area (Å²) in [7, 11) is 6.09. The molecule has 0 saturated heterocycles. The summed E-state index contributed by atoms with van der Waals surface area (Å²) < 4.78 is 0. The third-order valence-corrected chi connectivity index (χ3v) is 18.9. The molecule has 0 bridgehead atoms. The number of nitrogens with zero attached hydrogens (tertiary/aromatic N) is 5. The van der Waals surface area contributed by atoms with E-state index >= 15 is 0 Å². The average molecular weight is 968 g/mol. The third kappa shape index (κ3) is 13.8. The second kappa shape index (κ2) is 25.9. The van der Waals surface area contributed by atoms with Crippen molar-refractivity contribution < 1.29 is 0 Å². The van der Waals surface area contributed by atoms with Crippen molar-refractivity contribution >= 4 is 56.7 Å². The molecule has 10 nitrogen and oxygen atoms in total. The second-order valence-corrected chi connectivity index (χ2v) is 24.2. The molecule has 5 unspecified atom stereocenters. The van der Waals surface area contributed by atoms with Crippen LogP contribution in [0.5, 0.6) is 0 Å². The molecule has 5 aromatic heterocycles. The van der Waals surface area contributed by atoms with Gasteiger partial charge in [-0.25, -0.2) is 24.9 Å². The van der Waals surface area contributed by atoms with Crippen molar-refractivity contribution in [2.45, 2.75) is 167 Å². The van der Waals surface area contributed by atoms with Gasteiger partial charge in [0.15, 0.2) is 0 Å². The van der Waals surface area contributed by atoms with E-state index in [1.165, 1.54) is 163 Å². The van der Waals surface area contributed by atoms with Gasteiger partial charge in [-0.15, -0.1) is 56.7 Å². The second-order valence-electron chi connectivity index (χ2n) is 18.0. The van der Waals surface area contributed by atoms with Crippen molar-refractivity contribution in [3.63, 3.8) is 0 Å². The highest BCUT2D eigenvalue weighted by Gasteiger charge is 2.26. The summed E-state index contributed by atoms with van der Waals surface area (Å²) in [6, 6.07) is 0. The Hall–Kier alpha value is -2.05. The molecule has 7 N–H and O–H groups in total. The van der Waals surface area contributed by atoms with Crippen molar-refractivity contribution in [3.8, 4) is 0 Å². The van der Waals surface area contributed by atoms with Gasteiger partial charge < -0.3 is 27.4 Å². The van der Waals surface area contributed by atoms with E-state index in [4.69, 9.17) is 16.5 Å². The Balaban J connectivity index is 0.000000133. The highest BCUT2D eigenvalue weighted by Crippen LogP contribution is 2.38. The number of nitrogens with one attached hydrogen (secondary N) is 3. The van der Waals surface area contributed by atoms with Crippen LogP contribution in [0.1, 0.15) is 179 Å². The lowest BCUT2D eigenvalue weighted by atomic mass is 9.91. The largest absolute Gasteiger partial charge is 0.330 e. The van der Waals surface area contributed by atoms with Crippen LogP contribution in [0, 0.1) is 27.7 Å². The smallest absolute Gasteiger partial charge is 0.0928 e. The Morgan fingerprint density at radius 2 is 0.828 bits per heavy atom. The maximum Gasteiger partial charge on any atom is 0.0928 e. The summed E-state index contributed by atoms with van der Waals surface area (Å²) in [5.74, 6) is 3.25. The monoisotopic (exact) mass is 967 g/mol. The van der Waals surface area contributed by atoms with E-state index in [2.05, 4.69) is 70.5 Å². The number of aromatic nitrogens is 5. The van der Waals surface area contributed by atoms with Gasteiger partial charge in [-0.05, 0) is 152 Å². The predicted octanol–water partition coefficient (Wildman–Crippen LogP) is 10.2. The van der Waals surface area contributed by atoms with E-state index in [1.54, 1.807) is 4.88 Å². The first kappa shape index (κ1) is 51.3. The van der Waals surface area contributed by atoms with Crippen LogP contribution in [0.4, 0.5) is 0 Å². The molecule has 5 aliphatic rings. The van der Waals surface area contributed by atoms with Gasteiger partial charge in [-0.3, -0.25) is 0 Å². The maximum absolute atomic E-state index is 5.71. The molecule has 64 heavy (non-hydrogen) atoms. The van der Waals surface area contributed by atoms with Crippen molar-refractivity contribution in [1.82, 2.24) is 40.9 Å². The molecular formula is C49H78N10S5. The summed E-state index contributed by atoms with van der Waals surface area (Å²) >= 11 is 9.37. The summed E-state index contributed by atoms with van der Waals surface area (Å²) in [4.78, 5) is 30.5. The zero-order chi connectivity index (χ0) is 45.6. The van der Waals surface area contributed by atoms with E-state index in [9.17, 15) is 0 Å². The number of fused-ring (bicyclic) bond motifs is 5. The Morgan fingerprint density at radius 1 is 0.453 bits per heavy atom. The zero-order valence-corrected chi connectivity index (χ0v) is 44.3. The van der Waals surface area contributed by atoms with Crippen molar-refractivity contribution in [2.24, 2.45) is 11.5 Å². The van der Waals surface area contributed by atoms with Crippen LogP contribution < -0.4 is 27.4 Å². The first-order valence-electron chi connectivity index (χ1n) is 24.3. The Bertz CT molecular complexity index is 2030. The standard InChI is InChI=1S/C11H18N2S.2C10H16N2S.2C9H14N2S/c1-3-10-13-9-6-4-5-8(7-12-2)11(9)14-10;1-7-12-10-8(6-11-2)4-3-5-9(10)13-7;1-7-12-9-5-3-4-8(6-11-2)10(9)13-7;1-6-11-9-7(5-10)3-2-4-8(9)12-6;1-6-11-8-4-2-3-7(5-10)9(8)12-6/h8,12H,3-7H2,1-2H3;2*8,11H,3-6H2,1-2H3;2*7H,2-5,10H2,1H3. The number of hydrogen-bond donors (Lipinski definition) is 5. The van der Waals surface area contributed by atoms with Gasteiger partial charge in [0, 0.05) is 86.7 Å². The Labute approximate surface area is 405 Å². The molecule has 0 aliphatic heterocycles. The molecule has 5 aliphatic carbocycles. The molecule has 354 valence electrons. The van der Waals surface area contributed by atoms with Gasteiger partial charge in [-0.1, -0.05) is 6.92 Å². The first-order valence-corrected chi connectivity index (χ1v) is 28.3. The van der Waals surface area contributed by atoms with E-state index in [1.807, 2.05) is 77.8 Å². The number of hydrogen-bond acceptors (Lipinski definition) is 15. The minimum Gasteiger partial charge on any atom is -0.330 e. The van der Waals surface area contributed by atoms with Crippen LogP contribution in [0.2, 0.25) is 0 Å². The Morgan fingerprint density at radius 3 is 1.31 bits per heavy atom. The number of thiazole rings is 5. The summed E-state index contributed by atoms with van der Waals surface area (Å²) in [5, 5.41) is 16.0. The third-order valence-electron chi connectivity index (χ3n) is 13.0. The van der Waals surface area contributed by atoms with Crippen molar-refractivity contribution in [3.05, 3.63) is 77.9 Å².